The van der Waals surface area contributed by atoms with Crippen LogP contribution in [0.5, 0.6) is 11.5 Å². The maximum atomic E-state index is 5.98. The van der Waals surface area contributed by atoms with E-state index in [0.717, 1.165) is 0 Å². The molecule has 0 saturated carbocycles. The van der Waals surface area contributed by atoms with Crippen LogP contribution in [-0.2, 0) is 0 Å². The van der Waals surface area contributed by atoms with Crippen molar-refractivity contribution in [2.45, 2.75) is 0 Å². The Bertz CT molecular complexity index is 571. The Morgan fingerprint density at radius 1 is 1.05 bits per heavy atom. The molecule has 1 heterocycles. The van der Waals surface area contributed by atoms with Gasteiger partial charge in [-0.25, -0.2) is 4.98 Å². The van der Waals surface area contributed by atoms with E-state index in [9.17, 15) is 0 Å². The number of nitrogens with one attached hydrogen (secondary N) is 1. The minimum absolute atomic E-state index is 0.113. The molecule has 1 aromatic carbocycles. The van der Waals surface area contributed by atoms with E-state index >= 15 is 0 Å². The zero-order valence-electron chi connectivity index (χ0n) is 10.3. The van der Waals surface area contributed by atoms with Crippen LogP contribution in [0, 0.1) is 0 Å². The summed E-state index contributed by atoms with van der Waals surface area (Å²) >= 11 is 11.7. The summed E-state index contributed by atoms with van der Waals surface area (Å²) in [5.41, 5.74) is 0.716. The van der Waals surface area contributed by atoms with E-state index in [1.165, 1.54) is 6.20 Å². The molecule has 5 nitrogen and oxygen atoms in total. The van der Waals surface area contributed by atoms with Gasteiger partial charge < -0.3 is 14.8 Å². The van der Waals surface area contributed by atoms with Gasteiger partial charge in [-0.15, -0.1) is 0 Å². The molecule has 19 heavy (non-hydrogen) atoms. The van der Waals surface area contributed by atoms with Crippen molar-refractivity contribution in [2.75, 3.05) is 19.5 Å². The molecule has 0 bridgehead atoms. The second kappa shape index (κ2) is 5.95. The molecule has 1 N–H and O–H groups in total. The first-order chi connectivity index (χ1) is 9.12. The number of benzene rings is 1. The van der Waals surface area contributed by atoms with Crippen molar-refractivity contribution in [3.63, 3.8) is 0 Å². The molecule has 1 aromatic heterocycles. The molecule has 0 aliphatic heterocycles. The van der Waals surface area contributed by atoms with Gasteiger partial charge in [-0.05, 0) is 11.6 Å². The zero-order valence-corrected chi connectivity index (χ0v) is 11.8. The molecule has 100 valence electrons. The van der Waals surface area contributed by atoms with E-state index in [1.807, 2.05) is 0 Å². The Morgan fingerprint density at radius 3 is 2.26 bits per heavy atom. The van der Waals surface area contributed by atoms with Gasteiger partial charge in [-0.1, -0.05) is 11.6 Å². The van der Waals surface area contributed by atoms with Crippen molar-refractivity contribution in [1.29, 1.82) is 0 Å². The number of rotatable bonds is 4. The van der Waals surface area contributed by atoms with E-state index in [-0.39, 0.29) is 5.28 Å². The molecular formula is C12H11Cl2N3O2. The highest BCUT2D eigenvalue weighted by Crippen LogP contribution is 2.29. The summed E-state index contributed by atoms with van der Waals surface area (Å²) in [5.74, 6) is 1.72. The van der Waals surface area contributed by atoms with E-state index < -0.39 is 0 Å². The van der Waals surface area contributed by atoms with Gasteiger partial charge in [0, 0.05) is 23.9 Å². The normalized spacial score (nSPS) is 10.1. The Morgan fingerprint density at radius 2 is 1.68 bits per heavy atom. The summed E-state index contributed by atoms with van der Waals surface area (Å²) in [7, 11) is 3.15. The number of ether oxygens (including phenoxy) is 2. The number of aromatic nitrogens is 2. The van der Waals surface area contributed by atoms with Gasteiger partial charge >= 0.3 is 0 Å². The monoisotopic (exact) mass is 299 g/mol. The number of hydrogen-bond donors (Lipinski definition) is 1. The third-order valence-corrected chi connectivity index (χ3v) is 2.79. The molecule has 0 saturated heterocycles. The van der Waals surface area contributed by atoms with Gasteiger partial charge in [-0.3, -0.25) is 0 Å². The summed E-state index contributed by atoms with van der Waals surface area (Å²) in [6.07, 6.45) is 1.43. The quantitative estimate of drug-likeness (QED) is 0.875. The minimum Gasteiger partial charge on any atom is -0.497 e. The van der Waals surface area contributed by atoms with Crippen LogP contribution in [0.1, 0.15) is 0 Å². The molecule has 7 heteroatoms. The van der Waals surface area contributed by atoms with E-state index in [0.29, 0.717) is 28.0 Å². The summed E-state index contributed by atoms with van der Waals surface area (Å²) in [6, 6.07) is 5.34. The van der Waals surface area contributed by atoms with Crippen LogP contribution in [0.25, 0.3) is 0 Å². The molecule has 2 aromatic rings. The van der Waals surface area contributed by atoms with Crippen LogP contribution < -0.4 is 14.8 Å². The average molecular weight is 300 g/mol. The smallest absolute Gasteiger partial charge is 0.224 e. The molecule has 0 atom stereocenters. The molecule has 2 rings (SSSR count). The van der Waals surface area contributed by atoms with Crippen molar-refractivity contribution in [1.82, 2.24) is 9.97 Å². The largest absolute Gasteiger partial charge is 0.497 e. The molecule has 0 unspecified atom stereocenters. The Kier molecular flexibility index (Phi) is 4.29. The highest BCUT2D eigenvalue weighted by Gasteiger charge is 2.07. The minimum atomic E-state index is 0.113. The van der Waals surface area contributed by atoms with Crippen molar-refractivity contribution in [3.8, 4) is 11.5 Å². The van der Waals surface area contributed by atoms with Gasteiger partial charge in [0.2, 0.25) is 5.28 Å². The number of hydrogen-bond acceptors (Lipinski definition) is 5. The predicted octanol–water partition coefficient (Wildman–Crippen LogP) is 3.54. The maximum absolute atomic E-state index is 5.98. The second-order valence-electron chi connectivity index (χ2n) is 3.56. The third-order valence-electron chi connectivity index (χ3n) is 2.33. The third kappa shape index (κ3) is 3.39. The first-order valence-corrected chi connectivity index (χ1v) is 6.06. The highest BCUT2D eigenvalue weighted by molar-refractivity contribution is 6.33. The summed E-state index contributed by atoms with van der Waals surface area (Å²) in [5, 5.41) is 3.51. The van der Waals surface area contributed by atoms with Crippen LogP contribution in [0.3, 0.4) is 0 Å². The van der Waals surface area contributed by atoms with Crippen LogP contribution in [0.4, 0.5) is 11.5 Å². The lowest BCUT2D eigenvalue weighted by atomic mass is 10.2. The number of halogens is 2. The van der Waals surface area contributed by atoms with Crippen LogP contribution in [0.2, 0.25) is 10.3 Å². The van der Waals surface area contributed by atoms with Crippen molar-refractivity contribution >= 4 is 34.7 Å². The van der Waals surface area contributed by atoms with E-state index in [2.05, 4.69) is 15.3 Å². The maximum Gasteiger partial charge on any atom is 0.224 e. The predicted molar refractivity (Wildman–Crippen MR) is 74.9 cm³/mol. The zero-order chi connectivity index (χ0) is 13.8. The summed E-state index contributed by atoms with van der Waals surface area (Å²) in [6.45, 7) is 0. The SMILES string of the molecule is COc1cc(Nc2nc(Cl)ncc2Cl)cc(OC)c1. The molecular weight excluding hydrogens is 289 g/mol. The topological polar surface area (TPSA) is 56.3 Å². The fourth-order valence-electron chi connectivity index (χ4n) is 1.45. The van der Waals surface area contributed by atoms with Crippen LogP contribution in [0.15, 0.2) is 24.4 Å². The van der Waals surface area contributed by atoms with E-state index in [4.69, 9.17) is 32.7 Å². The van der Waals surface area contributed by atoms with Crippen molar-refractivity contribution in [2.24, 2.45) is 0 Å². The second-order valence-corrected chi connectivity index (χ2v) is 4.31. The molecule has 0 radical (unpaired) electrons. The molecule has 0 spiro atoms. The first kappa shape index (κ1) is 13.7. The average Bonchev–Trinajstić information content (AvgIpc) is 2.42. The Balaban J connectivity index is 2.34. The molecule has 0 aliphatic carbocycles. The molecule has 0 aliphatic rings. The van der Waals surface area contributed by atoms with Gasteiger partial charge in [0.05, 0.1) is 20.4 Å². The van der Waals surface area contributed by atoms with Crippen molar-refractivity contribution in [3.05, 3.63) is 34.7 Å². The van der Waals surface area contributed by atoms with E-state index in [1.54, 1.807) is 32.4 Å². The fourth-order valence-corrected chi connectivity index (χ4v) is 1.72. The lowest BCUT2D eigenvalue weighted by Gasteiger charge is -2.11. The number of methoxy groups -OCH3 is 2. The standard InChI is InChI=1S/C12H11Cl2N3O2/c1-18-8-3-7(4-9(5-8)19-2)16-11-10(13)6-15-12(14)17-11/h3-6H,1-2H3,(H,15,16,17). The Labute approximate surface area is 120 Å². The lowest BCUT2D eigenvalue weighted by molar-refractivity contribution is 0.395. The summed E-state index contributed by atoms with van der Waals surface area (Å²) in [4.78, 5) is 7.79. The Hall–Kier alpha value is -1.72. The lowest BCUT2D eigenvalue weighted by Crippen LogP contribution is -1.97. The number of nitrogens with zero attached hydrogens (tertiary/aromatic N) is 2. The van der Waals surface area contributed by atoms with Gasteiger partial charge in [-0.2, -0.15) is 4.98 Å². The molecule has 0 fully saturated rings. The molecule has 0 amide bonds. The highest BCUT2D eigenvalue weighted by atomic mass is 35.5. The van der Waals surface area contributed by atoms with Crippen molar-refractivity contribution < 1.29 is 9.47 Å². The number of anilines is 2. The van der Waals surface area contributed by atoms with Gasteiger partial charge in [0.15, 0.2) is 5.82 Å². The first-order valence-electron chi connectivity index (χ1n) is 5.30. The van der Waals surface area contributed by atoms with Gasteiger partial charge in [0.1, 0.15) is 16.5 Å². The van der Waals surface area contributed by atoms with Crippen LogP contribution >= 0.6 is 23.2 Å². The van der Waals surface area contributed by atoms with Gasteiger partial charge in [0.25, 0.3) is 0 Å². The van der Waals surface area contributed by atoms with Crippen LogP contribution in [-0.4, -0.2) is 24.2 Å². The summed E-state index contributed by atoms with van der Waals surface area (Å²) < 4.78 is 10.4. The fraction of sp³-hybridized carbons (Fsp3) is 0.167.